The molecule has 0 aliphatic heterocycles. The van der Waals surface area contributed by atoms with Crippen LogP contribution >= 0.6 is 12.2 Å². The van der Waals surface area contributed by atoms with E-state index < -0.39 is 0 Å². The smallest absolute Gasteiger partial charge is 0.257 e. The number of carbonyl (C=O) groups is 1. The molecule has 2 rings (SSSR count). The normalized spacial score (nSPS) is 10.3. The highest BCUT2D eigenvalue weighted by Crippen LogP contribution is 2.16. The summed E-state index contributed by atoms with van der Waals surface area (Å²) >= 11 is 5.25. The molecule has 0 bridgehead atoms. The molecule has 0 aromatic heterocycles. The summed E-state index contributed by atoms with van der Waals surface area (Å²) in [5.41, 5.74) is 1.31. The Morgan fingerprint density at radius 2 is 1.37 bits per heavy atom. The maximum atomic E-state index is 12.4. The van der Waals surface area contributed by atoms with E-state index in [9.17, 15) is 4.79 Å². The molecule has 0 saturated heterocycles. The molecule has 2 aromatic rings. The number of carbonyl (C=O) groups excluding carboxylic acids is 1. The van der Waals surface area contributed by atoms with Crippen LogP contribution < -0.4 is 20.1 Å². The first-order valence-corrected chi connectivity index (χ1v) is 11.1. The molecule has 0 unspecified atom stereocenters. The number of thiocarbonyl (C=S) groups is 1. The highest BCUT2D eigenvalue weighted by atomic mass is 32.1. The van der Waals surface area contributed by atoms with Gasteiger partial charge in [0.25, 0.3) is 5.91 Å². The third kappa shape index (κ3) is 8.82. The number of benzene rings is 2. The molecule has 6 heteroatoms. The summed E-state index contributed by atoms with van der Waals surface area (Å²) in [5, 5.41) is 5.95. The van der Waals surface area contributed by atoms with Crippen LogP contribution in [0, 0.1) is 0 Å². The predicted molar refractivity (Wildman–Crippen MR) is 127 cm³/mol. The van der Waals surface area contributed by atoms with E-state index in [1.165, 1.54) is 19.3 Å². The van der Waals surface area contributed by atoms with E-state index in [0.717, 1.165) is 36.4 Å². The van der Waals surface area contributed by atoms with Gasteiger partial charge in [0.05, 0.1) is 13.2 Å². The lowest BCUT2D eigenvalue weighted by molar-refractivity contribution is 0.0977. The van der Waals surface area contributed by atoms with Gasteiger partial charge in [0.1, 0.15) is 11.5 Å². The van der Waals surface area contributed by atoms with Gasteiger partial charge in [-0.25, -0.2) is 0 Å². The van der Waals surface area contributed by atoms with E-state index in [0.29, 0.717) is 18.8 Å². The van der Waals surface area contributed by atoms with Gasteiger partial charge < -0.3 is 14.8 Å². The first kappa shape index (κ1) is 23.7. The number of anilines is 1. The Labute approximate surface area is 185 Å². The number of hydrogen-bond donors (Lipinski definition) is 2. The maximum Gasteiger partial charge on any atom is 0.257 e. The molecule has 0 aliphatic rings. The van der Waals surface area contributed by atoms with Gasteiger partial charge in [-0.1, -0.05) is 39.5 Å². The number of nitrogens with one attached hydrogen (secondary N) is 2. The van der Waals surface area contributed by atoms with Crippen molar-refractivity contribution in [3.8, 4) is 11.5 Å². The van der Waals surface area contributed by atoms with Gasteiger partial charge in [-0.3, -0.25) is 10.1 Å². The summed E-state index contributed by atoms with van der Waals surface area (Å²) in [6.45, 7) is 5.72. The molecule has 0 heterocycles. The second-order valence-corrected chi connectivity index (χ2v) is 7.48. The summed E-state index contributed by atoms with van der Waals surface area (Å²) in [5.74, 6) is 1.32. The fourth-order valence-corrected chi connectivity index (χ4v) is 2.94. The summed E-state index contributed by atoms with van der Waals surface area (Å²) in [6.07, 6.45) is 6.79. The molecule has 0 saturated carbocycles. The molecule has 2 aromatic carbocycles. The summed E-state index contributed by atoms with van der Waals surface area (Å²) < 4.78 is 11.3. The fourth-order valence-electron chi connectivity index (χ4n) is 2.73. The van der Waals surface area contributed by atoms with Gasteiger partial charge in [-0.2, -0.15) is 0 Å². The Kier molecular flexibility index (Phi) is 10.7. The Morgan fingerprint density at radius 1 is 0.800 bits per heavy atom. The quantitative estimate of drug-likeness (QED) is 0.323. The third-order valence-corrected chi connectivity index (χ3v) is 4.69. The number of rotatable bonds is 12. The monoisotopic (exact) mass is 428 g/mol. The van der Waals surface area contributed by atoms with Crippen LogP contribution in [0.5, 0.6) is 11.5 Å². The van der Waals surface area contributed by atoms with Crippen LogP contribution in [0.3, 0.4) is 0 Å². The van der Waals surface area contributed by atoms with Crippen LogP contribution in [-0.2, 0) is 0 Å². The van der Waals surface area contributed by atoms with Crippen molar-refractivity contribution in [3.63, 3.8) is 0 Å². The molecule has 2 N–H and O–H groups in total. The minimum Gasteiger partial charge on any atom is -0.494 e. The van der Waals surface area contributed by atoms with Crippen molar-refractivity contribution in [2.45, 2.75) is 52.4 Å². The third-order valence-electron chi connectivity index (χ3n) is 4.49. The van der Waals surface area contributed by atoms with Crippen molar-refractivity contribution in [2.75, 3.05) is 18.5 Å². The standard InChI is InChI=1S/C24H32N2O3S/c1-3-5-7-8-18-29-21-13-9-19(10-14-21)23(27)26-24(30)25-20-11-15-22(16-12-20)28-17-6-4-2/h9-16H,3-8,17-18H2,1-2H3,(H2,25,26,27,30). The second-order valence-electron chi connectivity index (χ2n) is 7.07. The van der Waals surface area contributed by atoms with E-state index in [4.69, 9.17) is 21.7 Å². The Balaban J connectivity index is 1.76. The number of unbranched alkanes of at least 4 members (excludes halogenated alkanes) is 4. The minimum absolute atomic E-state index is 0.246. The van der Waals surface area contributed by atoms with Crippen LogP contribution in [-0.4, -0.2) is 24.2 Å². The average molecular weight is 429 g/mol. The summed E-state index contributed by atoms with van der Waals surface area (Å²) in [4.78, 5) is 12.4. The molecule has 0 radical (unpaired) electrons. The maximum absolute atomic E-state index is 12.4. The topological polar surface area (TPSA) is 59.6 Å². The van der Waals surface area contributed by atoms with Crippen molar-refractivity contribution >= 4 is 28.9 Å². The fraction of sp³-hybridized carbons (Fsp3) is 0.417. The minimum atomic E-state index is -0.262. The van der Waals surface area contributed by atoms with E-state index in [1.54, 1.807) is 12.1 Å². The van der Waals surface area contributed by atoms with Crippen molar-refractivity contribution in [3.05, 3.63) is 54.1 Å². The SMILES string of the molecule is CCCCCCOc1ccc(C(=O)NC(=S)Nc2ccc(OCCCC)cc2)cc1. The molecule has 0 spiro atoms. The van der Waals surface area contributed by atoms with Crippen molar-refractivity contribution in [2.24, 2.45) is 0 Å². The van der Waals surface area contributed by atoms with Crippen LogP contribution in [0.15, 0.2) is 48.5 Å². The van der Waals surface area contributed by atoms with Gasteiger partial charge in [-0.15, -0.1) is 0 Å². The van der Waals surface area contributed by atoms with Gasteiger partial charge in [-0.05, 0) is 73.6 Å². The number of hydrogen-bond acceptors (Lipinski definition) is 4. The van der Waals surface area contributed by atoms with Crippen LogP contribution in [0.2, 0.25) is 0 Å². The molecule has 162 valence electrons. The van der Waals surface area contributed by atoms with E-state index in [2.05, 4.69) is 24.5 Å². The van der Waals surface area contributed by atoms with E-state index in [1.807, 2.05) is 36.4 Å². The van der Waals surface area contributed by atoms with Crippen LogP contribution in [0.4, 0.5) is 5.69 Å². The predicted octanol–water partition coefficient (Wildman–Crippen LogP) is 5.95. The zero-order valence-corrected chi connectivity index (χ0v) is 18.7. The van der Waals surface area contributed by atoms with Gasteiger partial charge >= 0.3 is 0 Å². The first-order chi connectivity index (χ1) is 14.6. The molecular weight excluding hydrogens is 396 g/mol. The summed E-state index contributed by atoms with van der Waals surface area (Å²) in [6, 6.07) is 14.6. The first-order valence-electron chi connectivity index (χ1n) is 10.7. The average Bonchev–Trinajstić information content (AvgIpc) is 2.75. The Morgan fingerprint density at radius 3 is 1.97 bits per heavy atom. The van der Waals surface area contributed by atoms with Gasteiger partial charge in [0, 0.05) is 11.3 Å². The molecule has 0 atom stereocenters. The zero-order valence-electron chi connectivity index (χ0n) is 17.9. The van der Waals surface area contributed by atoms with Crippen LogP contribution in [0.25, 0.3) is 0 Å². The highest BCUT2D eigenvalue weighted by molar-refractivity contribution is 7.80. The number of ether oxygens (including phenoxy) is 2. The van der Waals surface area contributed by atoms with Gasteiger partial charge in [0.15, 0.2) is 5.11 Å². The zero-order chi connectivity index (χ0) is 21.6. The number of amides is 1. The Hall–Kier alpha value is -2.60. The van der Waals surface area contributed by atoms with Gasteiger partial charge in [0.2, 0.25) is 0 Å². The molecule has 30 heavy (non-hydrogen) atoms. The van der Waals surface area contributed by atoms with Crippen molar-refractivity contribution in [1.29, 1.82) is 0 Å². The largest absolute Gasteiger partial charge is 0.494 e. The van der Waals surface area contributed by atoms with Crippen molar-refractivity contribution in [1.82, 2.24) is 5.32 Å². The molecule has 0 aliphatic carbocycles. The lowest BCUT2D eigenvalue weighted by Gasteiger charge is -2.11. The summed E-state index contributed by atoms with van der Waals surface area (Å²) in [7, 11) is 0. The molecule has 5 nitrogen and oxygen atoms in total. The second kappa shape index (κ2) is 13.6. The van der Waals surface area contributed by atoms with E-state index in [-0.39, 0.29) is 11.0 Å². The Bertz CT molecular complexity index is 776. The van der Waals surface area contributed by atoms with E-state index >= 15 is 0 Å². The lowest BCUT2D eigenvalue weighted by atomic mass is 10.2. The highest BCUT2D eigenvalue weighted by Gasteiger charge is 2.08. The van der Waals surface area contributed by atoms with Crippen molar-refractivity contribution < 1.29 is 14.3 Å². The van der Waals surface area contributed by atoms with Crippen LogP contribution in [0.1, 0.15) is 62.7 Å². The molecule has 0 fully saturated rings. The molecular formula is C24H32N2O3S. The lowest BCUT2D eigenvalue weighted by Crippen LogP contribution is -2.34. The molecule has 1 amide bonds.